The molecule has 2 heterocycles. The van der Waals surface area contributed by atoms with Crippen molar-refractivity contribution >= 4 is 11.8 Å². The molecule has 1 fully saturated rings. The summed E-state index contributed by atoms with van der Waals surface area (Å²) >= 11 is 0. The number of amides is 2. The Bertz CT molecular complexity index is 547. The third kappa shape index (κ3) is 5.03. The molecule has 1 saturated heterocycles. The predicted octanol–water partition coefficient (Wildman–Crippen LogP) is 1.23. The quantitative estimate of drug-likeness (QED) is 0.754. The summed E-state index contributed by atoms with van der Waals surface area (Å²) in [6.07, 6.45) is 4.62. The SMILES string of the molecule is CCN(Cc1ccncc1)C(=O)[C@@H]1CCC(=O)N(CCN(C)C)C1. The maximum atomic E-state index is 12.9. The molecule has 0 bridgehead atoms. The second kappa shape index (κ2) is 8.78. The van der Waals surface area contributed by atoms with Crippen molar-refractivity contribution in [3.63, 3.8) is 0 Å². The van der Waals surface area contributed by atoms with E-state index in [-0.39, 0.29) is 17.7 Å². The minimum atomic E-state index is -0.0911. The average Bonchev–Trinajstić information content (AvgIpc) is 2.59. The molecule has 0 aromatic carbocycles. The van der Waals surface area contributed by atoms with E-state index in [1.807, 2.05) is 43.0 Å². The highest BCUT2D eigenvalue weighted by molar-refractivity contribution is 5.83. The molecular formula is C18H28N4O2. The van der Waals surface area contributed by atoms with Gasteiger partial charge in [0, 0.05) is 51.5 Å². The summed E-state index contributed by atoms with van der Waals surface area (Å²) in [6.45, 7) is 5.31. The topological polar surface area (TPSA) is 56.8 Å². The smallest absolute Gasteiger partial charge is 0.227 e. The van der Waals surface area contributed by atoms with Gasteiger partial charge in [0.15, 0.2) is 0 Å². The molecule has 6 heteroatoms. The van der Waals surface area contributed by atoms with Gasteiger partial charge in [0.1, 0.15) is 0 Å². The van der Waals surface area contributed by atoms with Crippen LogP contribution in [0.4, 0.5) is 0 Å². The summed E-state index contributed by atoms with van der Waals surface area (Å²) in [4.78, 5) is 34.8. The molecule has 1 atom stereocenters. The molecule has 1 aliphatic heterocycles. The number of likely N-dealkylation sites (tertiary alicyclic amines) is 1. The second-order valence-corrected chi connectivity index (χ2v) is 6.59. The van der Waals surface area contributed by atoms with Crippen LogP contribution in [-0.4, -0.2) is 71.8 Å². The molecule has 6 nitrogen and oxygen atoms in total. The van der Waals surface area contributed by atoms with Gasteiger partial charge in [0.05, 0.1) is 5.92 Å². The molecule has 1 aromatic heterocycles. The predicted molar refractivity (Wildman–Crippen MR) is 93.2 cm³/mol. The maximum absolute atomic E-state index is 12.9. The van der Waals surface area contributed by atoms with Gasteiger partial charge in [-0.1, -0.05) is 0 Å². The molecule has 0 radical (unpaired) electrons. The zero-order valence-electron chi connectivity index (χ0n) is 14.9. The zero-order valence-corrected chi connectivity index (χ0v) is 14.9. The van der Waals surface area contributed by atoms with Crippen molar-refractivity contribution in [1.82, 2.24) is 19.7 Å². The molecular weight excluding hydrogens is 304 g/mol. The molecule has 2 amide bonds. The Balaban J connectivity index is 1.97. The average molecular weight is 332 g/mol. The molecule has 2 rings (SSSR count). The van der Waals surface area contributed by atoms with Crippen molar-refractivity contribution in [2.45, 2.75) is 26.3 Å². The number of aromatic nitrogens is 1. The van der Waals surface area contributed by atoms with Crippen LogP contribution in [0.2, 0.25) is 0 Å². The van der Waals surface area contributed by atoms with Gasteiger partial charge in [-0.25, -0.2) is 0 Å². The van der Waals surface area contributed by atoms with Gasteiger partial charge in [-0.05, 0) is 45.1 Å². The Morgan fingerprint density at radius 1 is 1.33 bits per heavy atom. The first kappa shape index (κ1) is 18.4. The largest absolute Gasteiger partial charge is 0.341 e. The molecule has 0 saturated carbocycles. The molecule has 0 aliphatic carbocycles. The lowest BCUT2D eigenvalue weighted by atomic mass is 9.95. The molecule has 24 heavy (non-hydrogen) atoms. The van der Waals surface area contributed by atoms with E-state index in [9.17, 15) is 9.59 Å². The minimum absolute atomic E-state index is 0.0911. The van der Waals surface area contributed by atoms with E-state index < -0.39 is 0 Å². The minimum Gasteiger partial charge on any atom is -0.341 e. The van der Waals surface area contributed by atoms with Crippen LogP contribution in [0.5, 0.6) is 0 Å². The van der Waals surface area contributed by atoms with E-state index in [4.69, 9.17) is 0 Å². The zero-order chi connectivity index (χ0) is 17.5. The summed E-state index contributed by atoms with van der Waals surface area (Å²) in [5.74, 6) is 0.224. The summed E-state index contributed by atoms with van der Waals surface area (Å²) < 4.78 is 0. The maximum Gasteiger partial charge on any atom is 0.227 e. The molecule has 132 valence electrons. The van der Waals surface area contributed by atoms with E-state index in [1.165, 1.54) is 0 Å². The van der Waals surface area contributed by atoms with E-state index in [1.54, 1.807) is 12.4 Å². The fraction of sp³-hybridized carbons (Fsp3) is 0.611. The second-order valence-electron chi connectivity index (χ2n) is 6.59. The van der Waals surface area contributed by atoms with Crippen molar-refractivity contribution in [3.05, 3.63) is 30.1 Å². The van der Waals surface area contributed by atoms with E-state index in [2.05, 4.69) is 9.88 Å². The number of rotatable bonds is 7. The standard InChI is InChI=1S/C18H28N4O2/c1-4-21(13-15-7-9-19-10-8-15)18(24)16-5-6-17(23)22(14-16)12-11-20(2)3/h7-10,16H,4-6,11-14H2,1-3H3/t16-/m1/s1. The van der Waals surface area contributed by atoms with Crippen LogP contribution in [-0.2, 0) is 16.1 Å². The van der Waals surface area contributed by atoms with Crippen molar-refractivity contribution in [1.29, 1.82) is 0 Å². The fourth-order valence-corrected chi connectivity index (χ4v) is 2.97. The van der Waals surface area contributed by atoms with Crippen LogP contribution >= 0.6 is 0 Å². The molecule has 1 aromatic rings. The lowest BCUT2D eigenvalue weighted by Crippen LogP contribution is -2.48. The summed E-state index contributed by atoms with van der Waals surface area (Å²) in [7, 11) is 3.98. The van der Waals surface area contributed by atoms with Gasteiger partial charge in [0.25, 0.3) is 0 Å². The Morgan fingerprint density at radius 3 is 2.67 bits per heavy atom. The highest BCUT2D eigenvalue weighted by atomic mass is 16.2. The van der Waals surface area contributed by atoms with Crippen molar-refractivity contribution < 1.29 is 9.59 Å². The van der Waals surface area contributed by atoms with Gasteiger partial charge in [-0.3, -0.25) is 14.6 Å². The molecule has 0 unspecified atom stereocenters. The van der Waals surface area contributed by atoms with Gasteiger partial charge in [-0.2, -0.15) is 0 Å². The van der Waals surface area contributed by atoms with Crippen LogP contribution in [0, 0.1) is 5.92 Å². The van der Waals surface area contributed by atoms with Crippen LogP contribution in [0.15, 0.2) is 24.5 Å². The number of carbonyl (C=O) groups is 2. The van der Waals surface area contributed by atoms with Crippen LogP contribution in [0.3, 0.4) is 0 Å². The first-order chi connectivity index (χ1) is 11.5. The number of hydrogen-bond donors (Lipinski definition) is 0. The summed E-state index contributed by atoms with van der Waals surface area (Å²) in [5.41, 5.74) is 1.08. The Kier molecular flexibility index (Phi) is 6.73. The number of hydrogen-bond acceptors (Lipinski definition) is 4. The van der Waals surface area contributed by atoms with Crippen molar-refractivity contribution in [2.75, 3.05) is 40.3 Å². The monoisotopic (exact) mass is 332 g/mol. The van der Waals surface area contributed by atoms with E-state index >= 15 is 0 Å². The van der Waals surface area contributed by atoms with Gasteiger partial charge >= 0.3 is 0 Å². The number of likely N-dealkylation sites (N-methyl/N-ethyl adjacent to an activating group) is 1. The highest BCUT2D eigenvalue weighted by Gasteiger charge is 2.32. The summed E-state index contributed by atoms with van der Waals surface area (Å²) in [6, 6.07) is 3.87. The van der Waals surface area contributed by atoms with Crippen LogP contribution in [0.25, 0.3) is 0 Å². The normalized spacial score (nSPS) is 18.1. The molecule has 0 spiro atoms. The fourth-order valence-electron chi connectivity index (χ4n) is 2.97. The third-order valence-corrected chi connectivity index (χ3v) is 4.48. The van der Waals surface area contributed by atoms with Crippen LogP contribution in [0.1, 0.15) is 25.3 Å². The van der Waals surface area contributed by atoms with Crippen molar-refractivity contribution in [2.24, 2.45) is 5.92 Å². The van der Waals surface area contributed by atoms with Gasteiger partial charge < -0.3 is 14.7 Å². The van der Waals surface area contributed by atoms with Gasteiger partial charge in [-0.15, -0.1) is 0 Å². The van der Waals surface area contributed by atoms with Crippen LogP contribution < -0.4 is 0 Å². The van der Waals surface area contributed by atoms with Gasteiger partial charge in [0.2, 0.25) is 11.8 Å². The third-order valence-electron chi connectivity index (χ3n) is 4.48. The molecule has 1 aliphatic rings. The lowest BCUT2D eigenvalue weighted by molar-refractivity contribution is -0.143. The van der Waals surface area contributed by atoms with E-state index in [0.29, 0.717) is 39.0 Å². The summed E-state index contributed by atoms with van der Waals surface area (Å²) in [5, 5.41) is 0. The number of pyridine rings is 1. The Hall–Kier alpha value is -1.95. The first-order valence-corrected chi connectivity index (χ1v) is 8.61. The number of carbonyl (C=O) groups excluding carboxylic acids is 2. The first-order valence-electron chi connectivity index (χ1n) is 8.61. The lowest BCUT2D eigenvalue weighted by Gasteiger charge is -2.35. The number of piperidine rings is 1. The Labute approximate surface area is 144 Å². The number of nitrogens with zero attached hydrogens (tertiary/aromatic N) is 4. The Morgan fingerprint density at radius 2 is 2.04 bits per heavy atom. The van der Waals surface area contributed by atoms with Crippen molar-refractivity contribution in [3.8, 4) is 0 Å². The molecule has 0 N–H and O–H groups in total. The highest BCUT2D eigenvalue weighted by Crippen LogP contribution is 2.20. The van der Waals surface area contributed by atoms with E-state index in [0.717, 1.165) is 12.1 Å².